The Kier molecular flexibility index (Phi) is 3.14. The van der Waals surface area contributed by atoms with Crippen LogP contribution in [0.3, 0.4) is 0 Å². The molecule has 0 spiro atoms. The quantitative estimate of drug-likeness (QED) is 0.864. The van der Waals surface area contributed by atoms with Gasteiger partial charge in [0.25, 0.3) is 10.0 Å². The zero-order chi connectivity index (χ0) is 13.6. The maximum absolute atomic E-state index is 12.6. The van der Waals surface area contributed by atoms with Gasteiger partial charge >= 0.3 is 0 Å². The van der Waals surface area contributed by atoms with Gasteiger partial charge < -0.3 is 10.3 Å². The van der Waals surface area contributed by atoms with E-state index in [1.165, 1.54) is 15.2 Å². The molecule has 1 saturated heterocycles. The fourth-order valence-electron chi connectivity index (χ4n) is 2.45. The lowest BCUT2D eigenvalue weighted by Gasteiger charge is -2.37. The highest BCUT2D eigenvalue weighted by Crippen LogP contribution is 2.32. The largest absolute Gasteiger partial charge is 0.381 e. The fraction of sp³-hybridized carbons (Fsp3) is 0.727. The first kappa shape index (κ1) is 13.4. The number of aromatic nitrogens is 2. The molecule has 6 nitrogen and oxygen atoms in total. The van der Waals surface area contributed by atoms with E-state index in [0.29, 0.717) is 13.1 Å². The highest BCUT2D eigenvalue weighted by Gasteiger charge is 2.36. The molecule has 1 fully saturated rings. The average molecular weight is 272 g/mol. The van der Waals surface area contributed by atoms with Gasteiger partial charge in [-0.3, -0.25) is 0 Å². The molecule has 1 aliphatic heterocycles. The second-order valence-corrected chi connectivity index (χ2v) is 7.51. The van der Waals surface area contributed by atoms with Crippen molar-refractivity contribution in [3.8, 4) is 0 Å². The lowest BCUT2D eigenvalue weighted by Crippen LogP contribution is -2.44. The number of nitrogens with two attached hydrogens (primary N) is 1. The van der Waals surface area contributed by atoms with Crippen LogP contribution in [-0.2, 0) is 17.1 Å². The Morgan fingerprint density at radius 2 is 2.11 bits per heavy atom. The Labute approximate surface area is 108 Å². The Morgan fingerprint density at radius 3 is 2.61 bits per heavy atom. The van der Waals surface area contributed by atoms with Crippen LogP contribution in [0.15, 0.2) is 11.4 Å². The molecule has 2 N–H and O–H groups in total. The van der Waals surface area contributed by atoms with Crippen molar-refractivity contribution in [3.63, 3.8) is 0 Å². The molecule has 2 heterocycles. The van der Waals surface area contributed by atoms with Crippen LogP contribution in [0.2, 0.25) is 0 Å². The second-order valence-electron chi connectivity index (χ2n) is 5.65. The van der Waals surface area contributed by atoms with Crippen LogP contribution >= 0.6 is 0 Å². The molecular formula is C11H20N4O2S. The number of hydrogen-bond donors (Lipinski definition) is 1. The van der Waals surface area contributed by atoms with Gasteiger partial charge in [0.15, 0.2) is 10.8 Å². The summed E-state index contributed by atoms with van der Waals surface area (Å²) in [6.07, 6.45) is 3.35. The summed E-state index contributed by atoms with van der Waals surface area (Å²) in [4.78, 5) is 3.85. The van der Waals surface area contributed by atoms with E-state index >= 15 is 0 Å². The van der Waals surface area contributed by atoms with E-state index in [0.717, 1.165) is 12.8 Å². The SMILES string of the molecule is Cn1cnc(N)c1S(=O)(=O)N1CCCC(C)(C)C1. The van der Waals surface area contributed by atoms with Crippen LogP contribution in [0, 0.1) is 5.41 Å². The van der Waals surface area contributed by atoms with Gasteiger partial charge in [-0.15, -0.1) is 0 Å². The Bertz CT molecular complexity index is 528. The molecule has 102 valence electrons. The maximum atomic E-state index is 12.6. The molecule has 0 bridgehead atoms. The van der Waals surface area contributed by atoms with E-state index in [1.807, 2.05) is 0 Å². The molecule has 0 aliphatic carbocycles. The summed E-state index contributed by atoms with van der Waals surface area (Å²) in [6, 6.07) is 0. The van der Waals surface area contributed by atoms with Gasteiger partial charge in [-0.1, -0.05) is 13.8 Å². The molecule has 0 unspecified atom stereocenters. The average Bonchev–Trinajstić information content (AvgIpc) is 2.57. The first-order chi connectivity index (χ1) is 8.24. The maximum Gasteiger partial charge on any atom is 0.262 e. The lowest BCUT2D eigenvalue weighted by atomic mass is 9.85. The van der Waals surface area contributed by atoms with Gasteiger partial charge in [0.2, 0.25) is 0 Å². The fourth-order valence-corrected chi connectivity index (χ4v) is 4.31. The monoisotopic (exact) mass is 272 g/mol. The molecule has 0 radical (unpaired) electrons. The molecule has 1 aromatic rings. The number of imidazole rings is 1. The topological polar surface area (TPSA) is 81.2 Å². The third-order valence-corrected chi connectivity index (χ3v) is 5.34. The number of piperidine rings is 1. The normalized spacial score (nSPS) is 21.1. The van der Waals surface area contributed by atoms with Gasteiger partial charge in [-0.05, 0) is 18.3 Å². The molecule has 1 aromatic heterocycles. The first-order valence-electron chi connectivity index (χ1n) is 6.01. The van der Waals surface area contributed by atoms with Crippen LogP contribution < -0.4 is 5.73 Å². The number of sulfonamides is 1. The highest BCUT2D eigenvalue weighted by atomic mass is 32.2. The zero-order valence-electron chi connectivity index (χ0n) is 11.0. The number of anilines is 1. The number of nitrogen functional groups attached to an aromatic ring is 1. The number of aryl methyl sites for hydroxylation is 1. The molecule has 0 aromatic carbocycles. The van der Waals surface area contributed by atoms with Crippen molar-refractivity contribution in [2.45, 2.75) is 31.7 Å². The van der Waals surface area contributed by atoms with E-state index in [-0.39, 0.29) is 16.3 Å². The summed E-state index contributed by atoms with van der Waals surface area (Å²) in [5.41, 5.74) is 5.68. The van der Waals surface area contributed by atoms with E-state index < -0.39 is 10.0 Å². The van der Waals surface area contributed by atoms with Crippen LogP contribution in [0.1, 0.15) is 26.7 Å². The van der Waals surface area contributed by atoms with E-state index in [1.54, 1.807) is 7.05 Å². The third-order valence-electron chi connectivity index (χ3n) is 3.36. The summed E-state index contributed by atoms with van der Waals surface area (Å²) in [7, 11) is -1.90. The van der Waals surface area contributed by atoms with Crippen LogP contribution in [0.25, 0.3) is 0 Å². The third kappa shape index (κ3) is 2.24. The minimum absolute atomic E-state index is 0.0126. The number of nitrogens with zero attached hydrogens (tertiary/aromatic N) is 3. The minimum Gasteiger partial charge on any atom is -0.381 e. The smallest absolute Gasteiger partial charge is 0.262 e. The van der Waals surface area contributed by atoms with Crippen molar-refractivity contribution in [2.24, 2.45) is 12.5 Å². The summed E-state index contributed by atoms with van der Waals surface area (Å²) in [5.74, 6) is 0.0703. The summed E-state index contributed by atoms with van der Waals surface area (Å²) in [5, 5.41) is 0.0974. The van der Waals surface area contributed by atoms with Crippen molar-refractivity contribution >= 4 is 15.8 Å². The van der Waals surface area contributed by atoms with Crippen molar-refractivity contribution in [3.05, 3.63) is 6.33 Å². The van der Waals surface area contributed by atoms with E-state index in [2.05, 4.69) is 18.8 Å². The molecular weight excluding hydrogens is 252 g/mol. The van der Waals surface area contributed by atoms with Gasteiger partial charge in [0.1, 0.15) is 0 Å². The first-order valence-corrected chi connectivity index (χ1v) is 7.45. The Balaban J connectivity index is 2.38. The standard InChI is InChI=1S/C11H20N4O2S/c1-11(2)5-4-6-15(7-11)18(16,17)10-9(12)13-8-14(10)3/h8H,4-7,12H2,1-3H3. The predicted molar refractivity (Wildman–Crippen MR) is 69.4 cm³/mol. The minimum atomic E-state index is -3.54. The van der Waals surface area contributed by atoms with Crippen LogP contribution in [-0.4, -0.2) is 35.4 Å². The molecule has 2 rings (SSSR count). The summed E-state index contributed by atoms with van der Waals surface area (Å²) < 4.78 is 28.1. The molecule has 7 heteroatoms. The molecule has 1 aliphatic rings. The van der Waals surface area contributed by atoms with Gasteiger partial charge in [-0.25, -0.2) is 13.4 Å². The van der Waals surface area contributed by atoms with Crippen molar-refractivity contribution in [1.82, 2.24) is 13.9 Å². The van der Waals surface area contributed by atoms with E-state index in [9.17, 15) is 8.42 Å². The van der Waals surface area contributed by atoms with Gasteiger partial charge in [0.05, 0.1) is 6.33 Å². The number of rotatable bonds is 2. The molecule has 0 saturated carbocycles. The lowest BCUT2D eigenvalue weighted by molar-refractivity contribution is 0.186. The molecule has 0 amide bonds. The zero-order valence-corrected chi connectivity index (χ0v) is 11.9. The van der Waals surface area contributed by atoms with Crippen LogP contribution in [0.5, 0.6) is 0 Å². The predicted octanol–water partition coefficient (Wildman–Crippen LogP) is 0.813. The molecule has 18 heavy (non-hydrogen) atoms. The Hall–Kier alpha value is -1.08. The van der Waals surface area contributed by atoms with E-state index in [4.69, 9.17) is 5.73 Å². The second kappa shape index (κ2) is 4.24. The van der Waals surface area contributed by atoms with Crippen molar-refractivity contribution in [1.29, 1.82) is 0 Å². The summed E-state index contributed by atoms with van der Waals surface area (Å²) in [6.45, 7) is 5.25. The van der Waals surface area contributed by atoms with Crippen LogP contribution in [0.4, 0.5) is 5.82 Å². The Morgan fingerprint density at radius 1 is 1.44 bits per heavy atom. The highest BCUT2D eigenvalue weighted by molar-refractivity contribution is 7.89. The van der Waals surface area contributed by atoms with Crippen molar-refractivity contribution in [2.75, 3.05) is 18.8 Å². The number of hydrogen-bond acceptors (Lipinski definition) is 4. The molecule has 0 atom stereocenters. The van der Waals surface area contributed by atoms with Crippen molar-refractivity contribution < 1.29 is 8.42 Å². The van der Waals surface area contributed by atoms with Gasteiger partial charge in [-0.2, -0.15) is 4.31 Å². The summed E-state index contributed by atoms with van der Waals surface area (Å²) >= 11 is 0. The van der Waals surface area contributed by atoms with Gasteiger partial charge in [0, 0.05) is 20.1 Å².